The second-order valence-electron chi connectivity index (χ2n) is 4.17. The highest BCUT2D eigenvalue weighted by Crippen LogP contribution is 2.17. The van der Waals surface area contributed by atoms with Gasteiger partial charge >= 0.3 is 5.76 Å². The molecule has 1 rings (SSSR count). The molecule has 104 valence electrons. The van der Waals surface area contributed by atoms with Gasteiger partial charge in [0.15, 0.2) is 0 Å². The molecule has 1 aliphatic rings. The van der Waals surface area contributed by atoms with Crippen LogP contribution in [0.25, 0.3) is 0 Å². The molecule has 0 aromatic heterocycles. The Kier molecular flexibility index (Phi) is 5.44. The fourth-order valence-corrected chi connectivity index (χ4v) is 2.88. The lowest BCUT2D eigenvalue weighted by Gasteiger charge is -2.35. The highest BCUT2D eigenvalue weighted by molar-refractivity contribution is 7.89. The zero-order valence-corrected chi connectivity index (χ0v) is 11.0. The fraction of sp³-hybridized carbons (Fsp3) is 0.900. The molecule has 0 amide bonds. The van der Waals surface area contributed by atoms with Crippen LogP contribution >= 0.6 is 0 Å². The third kappa shape index (κ3) is 3.37. The lowest BCUT2D eigenvalue weighted by Crippen LogP contribution is -2.52. The van der Waals surface area contributed by atoms with E-state index in [1.165, 1.54) is 0 Å². The molecule has 0 saturated carbocycles. The van der Waals surface area contributed by atoms with Crippen molar-refractivity contribution in [2.24, 2.45) is 0 Å². The van der Waals surface area contributed by atoms with E-state index in [0.717, 1.165) is 10.7 Å². The molecule has 0 aromatic carbocycles. The number of piperazine rings is 1. The molecule has 1 atom stereocenters. The van der Waals surface area contributed by atoms with E-state index in [-0.39, 0.29) is 19.1 Å². The molecule has 1 aliphatic heterocycles. The van der Waals surface area contributed by atoms with Gasteiger partial charge in [0.05, 0.1) is 12.1 Å². The lowest BCUT2D eigenvalue weighted by atomic mass is 10.1. The van der Waals surface area contributed by atoms with Crippen molar-refractivity contribution in [2.45, 2.75) is 31.6 Å². The van der Waals surface area contributed by atoms with Gasteiger partial charge in [0.2, 0.25) is 0 Å². The molecule has 18 heavy (non-hydrogen) atoms. The van der Waals surface area contributed by atoms with Gasteiger partial charge in [-0.15, -0.1) is 0 Å². The summed E-state index contributed by atoms with van der Waals surface area (Å²) in [6.07, 6.45) is 1.56. The maximum atomic E-state index is 12.3. The van der Waals surface area contributed by atoms with E-state index in [2.05, 4.69) is 6.07 Å². The van der Waals surface area contributed by atoms with Crippen molar-refractivity contribution in [3.8, 4) is 6.07 Å². The molecule has 0 N–H and O–H groups in total. The van der Waals surface area contributed by atoms with Crippen molar-refractivity contribution in [1.29, 1.82) is 5.26 Å². The number of hydrogen-bond acceptors (Lipinski definition) is 4. The Morgan fingerprint density at radius 3 is 2.22 bits per heavy atom. The SMILES string of the molecule is CCCC(C#N)N1CCN(S(=O)(=O)C(F)F)CC1. The van der Waals surface area contributed by atoms with Crippen LogP contribution in [-0.4, -0.2) is 55.6 Å². The van der Waals surface area contributed by atoms with Crippen LogP contribution in [0.2, 0.25) is 0 Å². The molecule has 5 nitrogen and oxygen atoms in total. The minimum atomic E-state index is -4.48. The van der Waals surface area contributed by atoms with E-state index in [1.807, 2.05) is 11.8 Å². The zero-order chi connectivity index (χ0) is 13.8. The molecular weight excluding hydrogens is 264 g/mol. The Morgan fingerprint density at radius 2 is 1.83 bits per heavy atom. The first-order valence-corrected chi connectivity index (χ1v) is 7.34. The van der Waals surface area contributed by atoms with Gasteiger partial charge < -0.3 is 0 Å². The predicted octanol–water partition coefficient (Wildman–Crippen LogP) is 0.849. The smallest absolute Gasteiger partial charge is 0.285 e. The largest absolute Gasteiger partial charge is 0.350 e. The third-order valence-electron chi connectivity index (χ3n) is 3.01. The van der Waals surface area contributed by atoms with Crippen molar-refractivity contribution in [1.82, 2.24) is 9.21 Å². The molecule has 0 aliphatic carbocycles. The Balaban J connectivity index is 2.59. The molecular formula is C10H17F2N3O2S. The van der Waals surface area contributed by atoms with E-state index in [0.29, 0.717) is 19.5 Å². The van der Waals surface area contributed by atoms with Gasteiger partial charge in [0.25, 0.3) is 10.0 Å². The molecule has 8 heteroatoms. The number of rotatable bonds is 5. The van der Waals surface area contributed by atoms with Gasteiger partial charge in [-0.25, -0.2) is 8.42 Å². The summed E-state index contributed by atoms with van der Waals surface area (Å²) < 4.78 is 48.0. The standard InChI is InChI=1S/C10H17F2N3O2S/c1-2-3-9(8-13)14-4-6-15(7-5-14)18(16,17)10(11)12/h9-10H,2-7H2,1H3. The maximum absolute atomic E-state index is 12.3. The second-order valence-corrected chi connectivity index (χ2v) is 6.08. The highest BCUT2D eigenvalue weighted by atomic mass is 32.2. The first-order valence-electron chi connectivity index (χ1n) is 5.84. The van der Waals surface area contributed by atoms with Crippen molar-refractivity contribution < 1.29 is 17.2 Å². The molecule has 1 heterocycles. The second kappa shape index (κ2) is 6.41. The third-order valence-corrected chi connectivity index (χ3v) is 4.55. The normalized spacial score (nSPS) is 20.8. The minimum absolute atomic E-state index is 0.0224. The number of sulfonamides is 1. The van der Waals surface area contributed by atoms with Crippen LogP contribution in [-0.2, 0) is 10.0 Å². The molecule has 0 bridgehead atoms. The summed E-state index contributed by atoms with van der Waals surface area (Å²) in [5.41, 5.74) is 0. The number of hydrogen-bond donors (Lipinski definition) is 0. The van der Waals surface area contributed by atoms with E-state index in [4.69, 9.17) is 5.26 Å². The Morgan fingerprint density at radius 1 is 1.28 bits per heavy atom. The van der Waals surface area contributed by atoms with Crippen molar-refractivity contribution in [3.05, 3.63) is 0 Å². The highest BCUT2D eigenvalue weighted by Gasteiger charge is 2.35. The van der Waals surface area contributed by atoms with Gasteiger partial charge in [0.1, 0.15) is 0 Å². The first-order chi connectivity index (χ1) is 8.43. The lowest BCUT2D eigenvalue weighted by molar-refractivity contribution is 0.146. The Bertz CT molecular complexity index is 400. The topological polar surface area (TPSA) is 64.4 Å². The summed E-state index contributed by atoms with van der Waals surface area (Å²) in [6.45, 7) is 2.65. The number of nitrogens with zero attached hydrogens (tertiary/aromatic N) is 3. The average Bonchev–Trinajstić information content (AvgIpc) is 2.36. The number of alkyl halides is 2. The summed E-state index contributed by atoms with van der Waals surface area (Å²) in [7, 11) is -4.48. The van der Waals surface area contributed by atoms with E-state index < -0.39 is 15.8 Å². The van der Waals surface area contributed by atoms with Gasteiger partial charge in [0, 0.05) is 26.2 Å². The summed E-state index contributed by atoms with van der Waals surface area (Å²) in [4.78, 5) is 1.85. The molecule has 0 aromatic rings. The monoisotopic (exact) mass is 281 g/mol. The van der Waals surface area contributed by atoms with Crippen molar-refractivity contribution in [2.75, 3.05) is 26.2 Å². The van der Waals surface area contributed by atoms with Crippen molar-refractivity contribution >= 4 is 10.0 Å². The van der Waals surface area contributed by atoms with Gasteiger partial charge in [-0.05, 0) is 6.42 Å². The molecule has 1 fully saturated rings. The minimum Gasteiger partial charge on any atom is -0.285 e. The van der Waals surface area contributed by atoms with E-state index in [9.17, 15) is 17.2 Å². The van der Waals surface area contributed by atoms with E-state index >= 15 is 0 Å². The Labute approximate surface area is 106 Å². The Hall–Kier alpha value is -0.780. The van der Waals surface area contributed by atoms with Gasteiger partial charge in [-0.1, -0.05) is 13.3 Å². The van der Waals surface area contributed by atoms with Crippen LogP contribution in [0, 0.1) is 11.3 Å². The van der Waals surface area contributed by atoms with Gasteiger partial charge in [-0.3, -0.25) is 4.90 Å². The predicted molar refractivity (Wildman–Crippen MR) is 62.4 cm³/mol. The molecule has 0 radical (unpaired) electrons. The van der Waals surface area contributed by atoms with Gasteiger partial charge in [-0.2, -0.15) is 18.3 Å². The maximum Gasteiger partial charge on any atom is 0.350 e. The van der Waals surface area contributed by atoms with Crippen LogP contribution in [0.3, 0.4) is 0 Å². The molecule has 1 unspecified atom stereocenters. The summed E-state index contributed by atoms with van der Waals surface area (Å²) in [6, 6.07) is 1.90. The number of halogens is 2. The quantitative estimate of drug-likeness (QED) is 0.749. The van der Waals surface area contributed by atoms with Crippen molar-refractivity contribution in [3.63, 3.8) is 0 Å². The summed E-state index contributed by atoms with van der Waals surface area (Å²) >= 11 is 0. The first kappa shape index (κ1) is 15.3. The average molecular weight is 281 g/mol. The van der Waals surface area contributed by atoms with Crippen LogP contribution in [0.15, 0.2) is 0 Å². The zero-order valence-electron chi connectivity index (χ0n) is 10.2. The summed E-state index contributed by atoms with van der Waals surface area (Å²) in [5, 5.41) is 8.98. The van der Waals surface area contributed by atoms with Crippen LogP contribution < -0.4 is 0 Å². The summed E-state index contributed by atoms with van der Waals surface area (Å²) in [5.74, 6) is -3.37. The van der Waals surface area contributed by atoms with Crippen LogP contribution in [0.5, 0.6) is 0 Å². The van der Waals surface area contributed by atoms with Crippen LogP contribution in [0.4, 0.5) is 8.78 Å². The fourth-order valence-electron chi connectivity index (χ4n) is 1.98. The molecule has 0 spiro atoms. The molecule has 1 saturated heterocycles. The van der Waals surface area contributed by atoms with E-state index in [1.54, 1.807) is 0 Å². The van der Waals surface area contributed by atoms with Crippen LogP contribution in [0.1, 0.15) is 19.8 Å². The number of nitriles is 1.